The topological polar surface area (TPSA) is 79.4 Å². The van der Waals surface area contributed by atoms with Gasteiger partial charge < -0.3 is 15.0 Å². The molecule has 4 rings (SSSR count). The Bertz CT molecular complexity index is 1210. The van der Waals surface area contributed by atoms with Crippen LogP contribution >= 0.6 is 11.3 Å². The van der Waals surface area contributed by atoms with Crippen LogP contribution in [0.15, 0.2) is 60.0 Å². The molecule has 0 saturated heterocycles. The summed E-state index contributed by atoms with van der Waals surface area (Å²) in [5.74, 6) is 1.60. The standard InChI is InChI=1S/C24H25N5O2S/c1-29(2)14-20-27-22(25-13-16-9-11-18(12-10-16)26-24(30)31-3)21-19(15-32-23(21)28-20)17-7-5-4-6-8-17/h4-12,15H,13-14H2,1-3H3,(H,26,30)(H,25,27,28). The van der Waals surface area contributed by atoms with Gasteiger partial charge in [0.1, 0.15) is 16.5 Å². The molecule has 0 spiro atoms. The number of hydrogen-bond donors (Lipinski definition) is 2. The molecule has 2 heterocycles. The van der Waals surface area contributed by atoms with Crippen molar-refractivity contribution in [3.05, 3.63) is 71.4 Å². The molecule has 7 nitrogen and oxygen atoms in total. The zero-order chi connectivity index (χ0) is 22.5. The van der Waals surface area contributed by atoms with Gasteiger partial charge in [-0.2, -0.15) is 0 Å². The number of aromatic nitrogens is 2. The second-order valence-electron chi connectivity index (χ2n) is 7.59. The number of rotatable bonds is 7. The van der Waals surface area contributed by atoms with Crippen molar-refractivity contribution in [2.24, 2.45) is 0 Å². The lowest BCUT2D eigenvalue weighted by molar-refractivity contribution is 0.187. The third-order valence-electron chi connectivity index (χ3n) is 4.87. The van der Waals surface area contributed by atoms with Gasteiger partial charge in [-0.3, -0.25) is 5.32 Å². The van der Waals surface area contributed by atoms with Gasteiger partial charge in [0.15, 0.2) is 0 Å². The first-order valence-electron chi connectivity index (χ1n) is 10.2. The predicted octanol–water partition coefficient (Wildman–Crippen LogP) is 5.21. The second-order valence-corrected chi connectivity index (χ2v) is 8.45. The van der Waals surface area contributed by atoms with Crippen LogP contribution in [0.1, 0.15) is 11.4 Å². The number of anilines is 2. The van der Waals surface area contributed by atoms with Crippen LogP contribution in [0, 0.1) is 0 Å². The van der Waals surface area contributed by atoms with E-state index >= 15 is 0 Å². The highest BCUT2D eigenvalue weighted by atomic mass is 32.1. The van der Waals surface area contributed by atoms with E-state index < -0.39 is 6.09 Å². The Hall–Kier alpha value is -3.49. The summed E-state index contributed by atoms with van der Waals surface area (Å²) in [5.41, 5.74) is 4.02. The van der Waals surface area contributed by atoms with Crippen LogP contribution in [-0.2, 0) is 17.8 Å². The van der Waals surface area contributed by atoms with Crippen molar-refractivity contribution >= 4 is 39.2 Å². The number of amides is 1. The van der Waals surface area contributed by atoms with E-state index in [4.69, 9.17) is 9.97 Å². The third kappa shape index (κ3) is 5.04. The van der Waals surface area contributed by atoms with E-state index in [1.165, 1.54) is 7.11 Å². The highest BCUT2D eigenvalue weighted by molar-refractivity contribution is 7.17. The van der Waals surface area contributed by atoms with Gasteiger partial charge in [-0.05, 0) is 37.4 Å². The van der Waals surface area contributed by atoms with Crippen molar-refractivity contribution < 1.29 is 9.53 Å². The minimum Gasteiger partial charge on any atom is -0.453 e. The first kappa shape index (κ1) is 21.7. The van der Waals surface area contributed by atoms with E-state index in [0.717, 1.165) is 38.5 Å². The summed E-state index contributed by atoms with van der Waals surface area (Å²) in [6, 6.07) is 17.9. The highest BCUT2D eigenvalue weighted by Crippen LogP contribution is 2.37. The molecule has 0 fully saturated rings. The lowest BCUT2D eigenvalue weighted by Crippen LogP contribution is -2.14. The Balaban J connectivity index is 1.64. The molecule has 2 aromatic carbocycles. The monoisotopic (exact) mass is 447 g/mol. The van der Waals surface area contributed by atoms with Gasteiger partial charge in [0, 0.05) is 23.2 Å². The van der Waals surface area contributed by atoms with Crippen molar-refractivity contribution in [1.29, 1.82) is 0 Å². The number of nitrogens with one attached hydrogen (secondary N) is 2. The number of carbonyl (C=O) groups is 1. The Morgan fingerprint density at radius 2 is 1.81 bits per heavy atom. The molecule has 32 heavy (non-hydrogen) atoms. The summed E-state index contributed by atoms with van der Waals surface area (Å²) in [5, 5.41) is 9.35. The zero-order valence-electron chi connectivity index (χ0n) is 18.3. The fraction of sp³-hybridized carbons (Fsp3) is 0.208. The molecule has 0 radical (unpaired) electrons. The van der Waals surface area contributed by atoms with E-state index in [2.05, 4.69) is 37.8 Å². The number of benzene rings is 2. The Labute approximate surface area is 191 Å². The Kier molecular flexibility index (Phi) is 6.63. The van der Waals surface area contributed by atoms with Crippen LogP contribution in [0.2, 0.25) is 0 Å². The van der Waals surface area contributed by atoms with Crippen LogP contribution < -0.4 is 10.6 Å². The molecule has 0 unspecified atom stereocenters. The number of carbonyl (C=O) groups excluding carboxylic acids is 1. The maximum atomic E-state index is 11.4. The van der Waals surface area contributed by atoms with Crippen molar-refractivity contribution in [2.75, 3.05) is 31.8 Å². The van der Waals surface area contributed by atoms with E-state index in [0.29, 0.717) is 18.8 Å². The molecule has 2 aromatic heterocycles. The number of ether oxygens (including phenoxy) is 1. The van der Waals surface area contributed by atoms with E-state index in [9.17, 15) is 4.79 Å². The SMILES string of the molecule is COC(=O)Nc1ccc(CNc2nc(CN(C)C)nc3scc(-c4ccccc4)c23)cc1. The summed E-state index contributed by atoms with van der Waals surface area (Å²) in [6.45, 7) is 1.26. The Morgan fingerprint density at radius 1 is 1.06 bits per heavy atom. The van der Waals surface area contributed by atoms with Gasteiger partial charge in [0.2, 0.25) is 0 Å². The second kappa shape index (κ2) is 9.76. The third-order valence-corrected chi connectivity index (χ3v) is 5.74. The number of nitrogens with zero attached hydrogens (tertiary/aromatic N) is 3. The lowest BCUT2D eigenvalue weighted by Gasteiger charge is -2.13. The number of methoxy groups -OCH3 is 1. The van der Waals surface area contributed by atoms with E-state index in [-0.39, 0.29) is 0 Å². The fourth-order valence-electron chi connectivity index (χ4n) is 3.36. The maximum Gasteiger partial charge on any atom is 0.411 e. The Morgan fingerprint density at radius 3 is 2.50 bits per heavy atom. The van der Waals surface area contributed by atoms with Crippen molar-refractivity contribution in [3.8, 4) is 11.1 Å². The lowest BCUT2D eigenvalue weighted by atomic mass is 10.1. The first-order chi connectivity index (χ1) is 15.5. The van der Waals surface area contributed by atoms with Gasteiger partial charge in [-0.1, -0.05) is 42.5 Å². The van der Waals surface area contributed by atoms with Crippen LogP contribution in [0.3, 0.4) is 0 Å². The van der Waals surface area contributed by atoms with Gasteiger partial charge in [0.05, 0.1) is 19.0 Å². The molecule has 0 aliphatic carbocycles. The van der Waals surface area contributed by atoms with Crippen LogP contribution in [0.25, 0.3) is 21.3 Å². The molecule has 8 heteroatoms. The molecule has 164 valence electrons. The molecule has 2 N–H and O–H groups in total. The van der Waals surface area contributed by atoms with Crippen molar-refractivity contribution in [1.82, 2.24) is 14.9 Å². The van der Waals surface area contributed by atoms with Crippen molar-refractivity contribution in [3.63, 3.8) is 0 Å². The van der Waals surface area contributed by atoms with Gasteiger partial charge in [0.25, 0.3) is 0 Å². The molecular weight excluding hydrogens is 422 g/mol. The van der Waals surface area contributed by atoms with E-state index in [1.807, 2.05) is 56.6 Å². The summed E-state index contributed by atoms with van der Waals surface area (Å²) >= 11 is 1.63. The summed E-state index contributed by atoms with van der Waals surface area (Å²) in [7, 11) is 5.36. The van der Waals surface area contributed by atoms with Crippen LogP contribution in [-0.4, -0.2) is 42.2 Å². The minimum atomic E-state index is -0.487. The molecule has 0 bridgehead atoms. The molecule has 4 aromatic rings. The average molecular weight is 448 g/mol. The largest absolute Gasteiger partial charge is 0.453 e. The summed E-state index contributed by atoms with van der Waals surface area (Å²) in [4.78, 5) is 24.0. The predicted molar refractivity (Wildman–Crippen MR) is 130 cm³/mol. The average Bonchev–Trinajstić information content (AvgIpc) is 3.22. The smallest absolute Gasteiger partial charge is 0.411 e. The van der Waals surface area contributed by atoms with Gasteiger partial charge in [-0.15, -0.1) is 11.3 Å². The molecule has 0 aliphatic heterocycles. The fourth-order valence-corrected chi connectivity index (χ4v) is 4.32. The van der Waals surface area contributed by atoms with Gasteiger partial charge in [-0.25, -0.2) is 14.8 Å². The summed E-state index contributed by atoms with van der Waals surface area (Å²) in [6.07, 6.45) is -0.487. The van der Waals surface area contributed by atoms with Crippen LogP contribution in [0.5, 0.6) is 0 Å². The molecule has 0 saturated carbocycles. The molecular formula is C24H25N5O2S. The zero-order valence-corrected chi connectivity index (χ0v) is 19.1. The normalized spacial score (nSPS) is 11.0. The van der Waals surface area contributed by atoms with Crippen LogP contribution in [0.4, 0.5) is 16.3 Å². The maximum absolute atomic E-state index is 11.4. The minimum absolute atomic E-state index is 0.487. The molecule has 1 amide bonds. The first-order valence-corrected chi connectivity index (χ1v) is 11.1. The number of thiophene rings is 1. The number of fused-ring (bicyclic) bond motifs is 1. The quantitative estimate of drug-likeness (QED) is 0.405. The molecule has 0 aliphatic rings. The van der Waals surface area contributed by atoms with E-state index in [1.54, 1.807) is 11.3 Å². The summed E-state index contributed by atoms with van der Waals surface area (Å²) < 4.78 is 4.63. The number of hydrogen-bond acceptors (Lipinski definition) is 7. The van der Waals surface area contributed by atoms with Crippen molar-refractivity contribution in [2.45, 2.75) is 13.1 Å². The molecule has 0 atom stereocenters. The van der Waals surface area contributed by atoms with Gasteiger partial charge >= 0.3 is 6.09 Å². The highest BCUT2D eigenvalue weighted by Gasteiger charge is 2.16.